The van der Waals surface area contributed by atoms with Crippen LogP contribution in [-0.2, 0) is 23.4 Å². The smallest absolute Gasteiger partial charge is 0.459 e. The zero-order valence-corrected chi connectivity index (χ0v) is 21.3. The number of carbonyl (C=O) groups is 1. The Balaban J connectivity index is 1.79. The fourth-order valence-electron chi connectivity index (χ4n) is 3.54. The van der Waals surface area contributed by atoms with Gasteiger partial charge in [-0.2, -0.15) is 10.1 Å². The van der Waals surface area contributed by atoms with E-state index in [9.17, 15) is 19.3 Å². The van der Waals surface area contributed by atoms with Crippen LogP contribution in [0.1, 0.15) is 33.9 Å². The van der Waals surface area contributed by atoms with Gasteiger partial charge in [0.1, 0.15) is 29.8 Å². The van der Waals surface area contributed by atoms with Crippen molar-refractivity contribution in [1.29, 1.82) is 0 Å². The minimum atomic E-state index is -4.20. The number of benzene rings is 1. The molecule has 3 rings (SSSR count). The van der Waals surface area contributed by atoms with E-state index >= 15 is 0 Å². The highest BCUT2D eigenvalue weighted by Crippen LogP contribution is 2.46. The maximum absolute atomic E-state index is 13.6. The van der Waals surface area contributed by atoms with Gasteiger partial charge < -0.3 is 30.6 Å². The number of hydrogen-bond acceptors (Lipinski definition) is 11. The van der Waals surface area contributed by atoms with Gasteiger partial charge >= 0.3 is 19.4 Å². The van der Waals surface area contributed by atoms with E-state index in [4.69, 9.17) is 30.0 Å². The highest BCUT2D eigenvalue weighted by molar-refractivity contribution is 7.52. The van der Waals surface area contributed by atoms with E-state index in [-0.39, 0.29) is 17.7 Å². The highest BCUT2D eigenvalue weighted by Gasteiger charge is 2.52. The first kappa shape index (κ1) is 27.8. The molecule has 1 fully saturated rings. The number of anilines is 1. The zero-order chi connectivity index (χ0) is 26.7. The Kier molecular flexibility index (Phi) is 8.55. The second kappa shape index (κ2) is 11.1. The fraction of sp³-hybridized carbons (Fsp3) is 0.500. The average Bonchev–Trinajstić information content (AvgIpc) is 3.01. The SMILES string of the molecule is CC(C)OC(=O)[C@@H](C)N[P@@](=O)(OC[C@H]1O[C@@H](n2ccc(N)nc2=O)[C@](C)(N)[C@@H]1O)Oc1ccccc1. The first-order valence-electron chi connectivity index (χ1n) is 11.3. The molecular weight excluding hydrogens is 493 g/mol. The van der Waals surface area contributed by atoms with Gasteiger partial charge in [0.25, 0.3) is 0 Å². The lowest BCUT2D eigenvalue weighted by atomic mass is 9.93. The van der Waals surface area contributed by atoms with Gasteiger partial charge in [-0.25, -0.2) is 9.36 Å². The van der Waals surface area contributed by atoms with Crippen LogP contribution in [-0.4, -0.2) is 57.1 Å². The third-order valence-corrected chi connectivity index (χ3v) is 7.01. The highest BCUT2D eigenvalue weighted by atomic mass is 31.2. The van der Waals surface area contributed by atoms with E-state index in [1.807, 2.05) is 0 Å². The van der Waals surface area contributed by atoms with Crippen molar-refractivity contribution in [3.63, 3.8) is 0 Å². The second-order valence-corrected chi connectivity index (χ2v) is 10.6. The van der Waals surface area contributed by atoms with E-state index in [1.165, 1.54) is 26.1 Å². The molecule has 6 N–H and O–H groups in total. The van der Waals surface area contributed by atoms with Crippen LogP contribution in [0.5, 0.6) is 5.75 Å². The number of esters is 1. The Labute approximate surface area is 208 Å². The molecule has 1 aliphatic heterocycles. The molecule has 1 saturated heterocycles. The molecule has 0 unspecified atom stereocenters. The molecule has 13 nitrogen and oxygen atoms in total. The van der Waals surface area contributed by atoms with Gasteiger partial charge in [-0.15, -0.1) is 0 Å². The van der Waals surface area contributed by atoms with Gasteiger partial charge in [-0.3, -0.25) is 13.9 Å². The summed E-state index contributed by atoms with van der Waals surface area (Å²) < 4.78 is 36.9. The zero-order valence-electron chi connectivity index (χ0n) is 20.4. The predicted octanol–water partition coefficient (Wildman–Crippen LogP) is 0.935. The van der Waals surface area contributed by atoms with Crippen LogP contribution >= 0.6 is 7.75 Å². The molecule has 1 aromatic heterocycles. The van der Waals surface area contributed by atoms with Crippen molar-refractivity contribution >= 4 is 19.5 Å². The summed E-state index contributed by atoms with van der Waals surface area (Å²) >= 11 is 0. The molecule has 6 atom stereocenters. The molecule has 0 bridgehead atoms. The first-order chi connectivity index (χ1) is 16.8. The molecule has 36 heavy (non-hydrogen) atoms. The summed E-state index contributed by atoms with van der Waals surface area (Å²) in [5, 5.41) is 13.4. The van der Waals surface area contributed by atoms with Gasteiger partial charge in [0.15, 0.2) is 6.23 Å². The molecule has 1 aliphatic rings. The topological polar surface area (TPSA) is 190 Å². The van der Waals surface area contributed by atoms with Crippen LogP contribution in [0.25, 0.3) is 0 Å². The summed E-state index contributed by atoms with van der Waals surface area (Å²) in [5.74, 6) is -0.428. The van der Waals surface area contributed by atoms with Crippen LogP contribution in [0.2, 0.25) is 0 Å². The van der Waals surface area contributed by atoms with E-state index in [0.717, 1.165) is 4.57 Å². The van der Waals surface area contributed by atoms with Gasteiger partial charge in [0.2, 0.25) is 0 Å². The average molecular weight is 525 g/mol. The van der Waals surface area contributed by atoms with Gasteiger partial charge in [0.05, 0.1) is 18.2 Å². The van der Waals surface area contributed by atoms with Crippen molar-refractivity contribution in [1.82, 2.24) is 14.6 Å². The number of aliphatic hydroxyl groups excluding tert-OH is 1. The minimum absolute atomic E-state index is 0.0172. The fourth-order valence-corrected chi connectivity index (χ4v) is 5.04. The van der Waals surface area contributed by atoms with E-state index < -0.39 is 56.0 Å². The maximum Gasteiger partial charge on any atom is 0.459 e. The summed E-state index contributed by atoms with van der Waals surface area (Å²) in [4.78, 5) is 28.3. The number of nitrogen functional groups attached to an aromatic ring is 1. The molecule has 1 aromatic carbocycles. The summed E-state index contributed by atoms with van der Waals surface area (Å²) in [7, 11) is -4.20. The van der Waals surface area contributed by atoms with Gasteiger partial charge in [0, 0.05) is 6.20 Å². The van der Waals surface area contributed by atoms with Crippen molar-refractivity contribution in [3.05, 3.63) is 53.1 Å². The van der Waals surface area contributed by atoms with Crippen molar-refractivity contribution in [2.45, 2.75) is 63.8 Å². The Morgan fingerprint density at radius 3 is 2.58 bits per heavy atom. The number of nitrogens with one attached hydrogen (secondary N) is 1. The molecule has 0 aliphatic carbocycles. The van der Waals surface area contributed by atoms with E-state index in [0.29, 0.717) is 0 Å². The molecule has 198 valence electrons. The Morgan fingerprint density at radius 1 is 1.31 bits per heavy atom. The number of nitrogens with two attached hydrogens (primary N) is 2. The summed E-state index contributed by atoms with van der Waals surface area (Å²) in [6.45, 7) is 5.85. The molecular formula is C22H32N5O8P. The van der Waals surface area contributed by atoms with Crippen molar-refractivity contribution in [2.75, 3.05) is 12.3 Å². The number of nitrogens with zero attached hydrogens (tertiary/aromatic N) is 2. The van der Waals surface area contributed by atoms with Crippen LogP contribution in [0.3, 0.4) is 0 Å². The van der Waals surface area contributed by atoms with E-state index in [1.54, 1.807) is 44.2 Å². The normalized spacial score (nSPS) is 26.4. The minimum Gasteiger partial charge on any atom is -0.462 e. The quantitative estimate of drug-likeness (QED) is 0.254. The first-order valence-corrected chi connectivity index (χ1v) is 12.8. The number of ether oxygens (including phenoxy) is 2. The van der Waals surface area contributed by atoms with Crippen LogP contribution in [0, 0.1) is 0 Å². The molecule has 14 heteroatoms. The third kappa shape index (κ3) is 6.49. The molecule has 2 aromatic rings. The van der Waals surface area contributed by atoms with Crippen molar-refractivity contribution in [3.8, 4) is 5.75 Å². The lowest BCUT2D eigenvalue weighted by molar-refractivity contribution is -0.149. The lowest BCUT2D eigenvalue weighted by Gasteiger charge is -2.28. The number of rotatable bonds is 10. The Bertz CT molecular complexity index is 1160. The molecule has 0 amide bonds. The summed E-state index contributed by atoms with van der Waals surface area (Å²) in [5.41, 5.74) is 9.68. The van der Waals surface area contributed by atoms with Crippen LogP contribution in [0.15, 0.2) is 47.4 Å². The monoisotopic (exact) mass is 525 g/mol. The predicted molar refractivity (Wildman–Crippen MR) is 130 cm³/mol. The van der Waals surface area contributed by atoms with Gasteiger partial charge in [-0.1, -0.05) is 18.2 Å². The third-order valence-electron chi connectivity index (χ3n) is 5.36. The van der Waals surface area contributed by atoms with Crippen LogP contribution in [0.4, 0.5) is 5.82 Å². The number of aromatic nitrogens is 2. The second-order valence-electron chi connectivity index (χ2n) is 8.91. The van der Waals surface area contributed by atoms with E-state index in [2.05, 4.69) is 10.1 Å². The summed E-state index contributed by atoms with van der Waals surface area (Å²) in [6.07, 6.45) is -2.60. The molecule has 2 heterocycles. The van der Waals surface area contributed by atoms with Crippen molar-refractivity contribution in [2.24, 2.45) is 5.73 Å². The maximum atomic E-state index is 13.6. The number of para-hydroxylation sites is 1. The van der Waals surface area contributed by atoms with Crippen LogP contribution < -0.4 is 26.8 Å². The lowest BCUT2D eigenvalue weighted by Crippen LogP contribution is -2.53. The largest absolute Gasteiger partial charge is 0.462 e. The standard InChI is InChI=1S/C22H32N5O8P/c1-13(2)33-19(29)14(3)26-36(31,35-15-8-6-5-7-9-15)32-12-16-18(28)22(4,24)20(34-16)27-11-10-17(23)25-21(27)30/h5-11,13-14,16,18,20,28H,12,24H2,1-4H3,(H,26,31)(H2,23,25,30)/t14-,16-,18-,20-,22-,36-/m1/s1. The molecule has 0 radical (unpaired) electrons. The Morgan fingerprint density at radius 2 is 1.97 bits per heavy atom. The Hall–Kier alpha value is -2.80. The van der Waals surface area contributed by atoms with Crippen molar-refractivity contribution < 1.29 is 33.0 Å². The molecule has 0 saturated carbocycles. The molecule has 0 spiro atoms. The van der Waals surface area contributed by atoms with Gasteiger partial charge in [-0.05, 0) is 45.9 Å². The summed E-state index contributed by atoms with van der Waals surface area (Å²) in [6, 6.07) is 8.54. The number of aliphatic hydroxyl groups is 1. The number of carbonyl (C=O) groups excluding carboxylic acids is 1. The number of hydrogen-bond donors (Lipinski definition) is 4.